The second kappa shape index (κ2) is 11.4. The summed E-state index contributed by atoms with van der Waals surface area (Å²) < 4.78 is 7.13. The quantitative estimate of drug-likeness (QED) is 0.332. The number of aromatic nitrogens is 1. The fourth-order valence-electron chi connectivity index (χ4n) is 5.26. The number of hydrogen-bond acceptors (Lipinski definition) is 4. The Morgan fingerprint density at radius 2 is 1.50 bits per heavy atom. The Balaban J connectivity index is 1.57. The number of piperazine rings is 1. The zero-order chi connectivity index (χ0) is 25.7. The minimum atomic E-state index is -0.405. The van der Waals surface area contributed by atoms with Crippen molar-refractivity contribution in [2.75, 3.05) is 32.8 Å². The second-order valence-electron chi connectivity index (χ2n) is 9.11. The maximum absolute atomic E-state index is 13.7. The van der Waals surface area contributed by atoms with Crippen molar-refractivity contribution in [1.82, 2.24) is 14.4 Å². The first-order chi connectivity index (χ1) is 17.5. The molecule has 0 aliphatic carbocycles. The number of allylic oxidation sites excluding steroid dienone is 1. The summed E-state index contributed by atoms with van der Waals surface area (Å²) in [5.74, 6) is -0.439. The molecule has 36 heavy (non-hydrogen) atoms. The van der Waals surface area contributed by atoms with Gasteiger partial charge in [-0.25, -0.2) is 4.79 Å². The highest BCUT2D eigenvalue weighted by Gasteiger charge is 2.32. The molecule has 0 saturated carbocycles. The van der Waals surface area contributed by atoms with Gasteiger partial charge < -0.3 is 14.2 Å². The molecule has 1 saturated heterocycles. The SMILES string of the molecule is C=CCn1c(C)c(C(=O)N2CCN(C(c3ccccc3)c3ccccc3)CC2)c(C)c1C(=O)OCC. The van der Waals surface area contributed by atoms with E-state index in [9.17, 15) is 9.59 Å². The summed E-state index contributed by atoms with van der Waals surface area (Å²) in [7, 11) is 0. The Morgan fingerprint density at radius 1 is 0.944 bits per heavy atom. The van der Waals surface area contributed by atoms with Crippen LogP contribution in [0.25, 0.3) is 0 Å². The van der Waals surface area contributed by atoms with E-state index in [-0.39, 0.29) is 18.6 Å². The normalized spacial score (nSPS) is 14.2. The van der Waals surface area contributed by atoms with Crippen LogP contribution in [0.2, 0.25) is 0 Å². The standard InChI is InChI=1S/C30H35N3O3/c1-5-17-33-23(4)26(22(3)27(33)30(35)36-6-2)29(34)32-20-18-31(19-21-32)28(24-13-9-7-10-14-24)25-15-11-8-12-16-25/h5,7-16,28H,1,6,17-21H2,2-4H3. The fourth-order valence-corrected chi connectivity index (χ4v) is 5.26. The third-order valence-corrected chi connectivity index (χ3v) is 6.96. The number of carbonyl (C=O) groups excluding carboxylic acids is 2. The van der Waals surface area contributed by atoms with E-state index in [0.717, 1.165) is 18.8 Å². The molecule has 6 heteroatoms. The van der Waals surface area contributed by atoms with Crippen LogP contribution in [0.1, 0.15) is 56.2 Å². The van der Waals surface area contributed by atoms with E-state index in [1.807, 2.05) is 35.4 Å². The molecule has 0 atom stereocenters. The van der Waals surface area contributed by atoms with Crippen LogP contribution in [-0.2, 0) is 11.3 Å². The third kappa shape index (κ3) is 5.00. The Labute approximate surface area is 213 Å². The highest BCUT2D eigenvalue weighted by molar-refractivity contribution is 6.01. The minimum absolute atomic E-state index is 0.0333. The molecule has 0 spiro atoms. The van der Waals surface area contributed by atoms with E-state index in [1.165, 1.54) is 11.1 Å². The average molecular weight is 486 g/mol. The highest BCUT2D eigenvalue weighted by atomic mass is 16.5. The van der Waals surface area contributed by atoms with Gasteiger partial charge in [0, 0.05) is 38.4 Å². The van der Waals surface area contributed by atoms with Gasteiger partial charge >= 0.3 is 5.97 Å². The van der Waals surface area contributed by atoms with Crippen molar-refractivity contribution in [3.63, 3.8) is 0 Å². The maximum atomic E-state index is 13.7. The molecule has 0 N–H and O–H groups in total. The summed E-state index contributed by atoms with van der Waals surface area (Å²) in [4.78, 5) is 30.8. The van der Waals surface area contributed by atoms with Crippen molar-refractivity contribution in [3.05, 3.63) is 107 Å². The predicted octanol–water partition coefficient (Wildman–Crippen LogP) is 5.02. The summed E-state index contributed by atoms with van der Waals surface area (Å²) in [6, 6.07) is 21.2. The highest BCUT2D eigenvalue weighted by Crippen LogP contribution is 2.30. The summed E-state index contributed by atoms with van der Waals surface area (Å²) >= 11 is 0. The van der Waals surface area contributed by atoms with Crippen molar-refractivity contribution in [1.29, 1.82) is 0 Å². The van der Waals surface area contributed by atoms with Gasteiger partial charge in [0.15, 0.2) is 0 Å². The van der Waals surface area contributed by atoms with Gasteiger partial charge in [0.05, 0.1) is 18.2 Å². The van der Waals surface area contributed by atoms with E-state index < -0.39 is 5.97 Å². The number of nitrogens with zero attached hydrogens (tertiary/aromatic N) is 3. The molecule has 6 nitrogen and oxygen atoms in total. The summed E-state index contributed by atoms with van der Waals surface area (Å²) in [6.07, 6.45) is 1.73. The number of amides is 1. The summed E-state index contributed by atoms with van der Waals surface area (Å²) in [5.41, 5.74) is 4.97. The van der Waals surface area contributed by atoms with Crippen molar-refractivity contribution < 1.29 is 14.3 Å². The number of hydrogen-bond donors (Lipinski definition) is 0. The van der Waals surface area contributed by atoms with Gasteiger partial charge in [0.25, 0.3) is 5.91 Å². The number of esters is 1. The van der Waals surface area contributed by atoms with Gasteiger partial charge in [0.1, 0.15) is 5.69 Å². The lowest BCUT2D eigenvalue weighted by Crippen LogP contribution is -2.50. The van der Waals surface area contributed by atoms with Crippen molar-refractivity contribution >= 4 is 11.9 Å². The first-order valence-corrected chi connectivity index (χ1v) is 12.6. The number of benzene rings is 2. The van der Waals surface area contributed by atoms with Gasteiger partial charge in [-0.3, -0.25) is 9.69 Å². The van der Waals surface area contributed by atoms with Crippen molar-refractivity contribution in [2.24, 2.45) is 0 Å². The third-order valence-electron chi connectivity index (χ3n) is 6.96. The van der Waals surface area contributed by atoms with Crippen LogP contribution in [0.5, 0.6) is 0 Å². The Kier molecular flexibility index (Phi) is 8.06. The Bertz CT molecular complexity index is 1170. The fraction of sp³-hybridized carbons (Fsp3) is 0.333. The van der Waals surface area contributed by atoms with E-state index in [0.29, 0.717) is 36.5 Å². The van der Waals surface area contributed by atoms with E-state index in [2.05, 4.69) is 60.0 Å². The van der Waals surface area contributed by atoms with Crippen LogP contribution in [-0.4, -0.2) is 59.0 Å². The molecule has 0 radical (unpaired) electrons. The van der Waals surface area contributed by atoms with Gasteiger partial charge in [-0.05, 0) is 37.5 Å². The molecular formula is C30H35N3O3. The molecule has 1 aromatic heterocycles. The lowest BCUT2D eigenvalue weighted by molar-refractivity contribution is 0.0513. The topological polar surface area (TPSA) is 54.8 Å². The first-order valence-electron chi connectivity index (χ1n) is 12.6. The van der Waals surface area contributed by atoms with Crippen LogP contribution >= 0.6 is 0 Å². The van der Waals surface area contributed by atoms with Gasteiger partial charge in [-0.2, -0.15) is 0 Å². The molecule has 1 fully saturated rings. The number of rotatable bonds is 8. The van der Waals surface area contributed by atoms with Gasteiger partial charge in [0.2, 0.25) is 0 Å². The molecular weight excluding hydrogens is 450 g/mol. The minimum Gasteiger partial charge on any atom is -0.461 e. The largest absolute Gasteiger partial charge is 0.461 e. The lowest BCUT2D eigenvalue weighted by atomic mass is 9.96. The smallest absolute Gasteiger partial charge is 0.355 e. The van der Waals surface area contributed by atoms with E-state index in [1.54, 1.807) is 13.0 Å². The molecule has 1 aliphatic heterocycles. The molecule has 3 aromatic rings. The van der Waals surface area contributed by atoms with Crippen LogP contribution in [0.4, 0.5) is 0 Å². The molecule has 1 aliphatic rings. The zero-order valence-corrected chi connectivity index (χ0v) is 21.4. The van der Waals surface area contributed by atoms with Gasteiger partial charge in [-0.15, -0.1) is 6.58 Å². The Morgan fingerprint density at radius 3 is 2.00 bits per heavy atom. The monoisotopic (exact) mass is 485 g/mol. The average Bonchev–Trinajstić information content (AvgIpc) is 3.15. The van der Waals surface area contributed by atoms with Crippen LogP contribution in [0.15, 0.2) is 73.3 Å². The lowest BCUT2D eigenvalue weighted by Gasteiger charge is -2.40. The molecule has 2 heterocycles. The summed E-state index contributed by atoms with van der Waals surface area (Å²) in [5, 5.41) is 0. The van der Waals surface area contributed by atoms with Crippen LogP contribution < -0.4 is 0 Å². The van der Waals surface area contributed by atoms with E-state index >= 15 is 0 Å². The first kappa shape index (κ1) is 25.5. The molecule has 0 unspecified atom stereocenters. The number of ether oxygens (including phenoxy) is 1. The molecule has 1 amide bonds. The second-order valence-corrected chi connectivity index (χ2v) is 9.11. The Hall–Kier alpha value is -3.64. The molecule has 2 aromatic carbocycles. The predicted molar refractivity (Wildman–Crippen MR) is 142 cm³/mol. The number of carbonyl (C=O) groups is 2. The summed E-state index contributed by atoms with van der Waals surface area (Å²) in [6.45, 7) is 12.8. The molecule has 4 rings (SSSR count). The van der Waals surface area contributed by atoms with E-state index in [4.69, 9.17) is 4.74 Å². The van der Waals surface area contributed by atoms with Gasteiger partial charge in [-0.1, -0.05) is 66.7 Å². The van der Waals surface area contributed by atoms with Crippen molar-refractivity contribution in [3.8, 4) is 0 Å². The zero-order valence-electron chi connectivity index (χ0n) is 21.4. The van der Waals surface area contributed by atoms with Crippen molar-refractivity contribution in [2.45, 2.75) is 33.4 Å². The van der Waals surface area contributed by atoms with Crippen LogP contribution in [0.3, 0.4) is 0 Å². The van der Waals surface area contributed by atoms with Crippen LogP contribution in [0, 0.1) is 13.8 Å². The molecule has 0 bridgehead atoms. The molecule has 188 valence electrons. The maximum Gasteiger partial charge on any atom is 0.355 e.